The van der Waals surface area contributed by atoms with Crippen molar-refractivity contribution in [2.24, 2.45) is 11.8 Å². The number of carbonyl (C=O) groups excluding carboxylic acids is 4. The van der Waals surface area contributed by atoms with Crippen molar-refractivity contribution in [3.05, 3.63) is 65.9 Å². The summed E-state index contributed by atoms with van der Waals surface area (Å²) in [5.74, 6) is -1.48. The summed E-state index contributed by atoms with van der Waals surface area (Å²) in [4.78, 5) is 54.2. The first-order chi connectivity index (χ1) is 22.5. The number of rotatable bonds is 9. The summed E-state index contributed by atoms with van der Waals surface area (Å²) in [7, 11) is 0. The van der Waals surface area contributed by atoms with Gasteiger partial charge in [-0.1, -0.05) is 30.3 Å². The van der Waals surface area contributed by atoms with Crippen molar-refractivity contribution >= 4 is 40.5 Å². The van der Waals surface area contributed by atoms with Gasteiger partial charge in [-0.05, 0) is 95.5 Å². The van der Waals surface area contributed by atoms with Crippen molar-refractivity contribution in [2.45, 2.75) is 83.4 Å². The molecule has 1 aliphatic heterocycles. The molecule has 3 amide bonds. The SMILES string of the molecule is CCOC(=O)c1cc2cc(NC(=O)[C@@H]3[C@H](c4ccccc4)CCN3C(=O)[C@H]3CC[C@H]([C@@H](CF)NC(=O)OC(C)(C)C)CC3)ccc2o1. The predicted octanol–water partition coefficient (Wildman–Crippen LogP) is 6.60. The molecule has 1 aliphatic carbocycles. The first kappa shape index (κ1) is 33.9. The van der Waals surface area contributed by atoms with Gasteiger partial charge in [0.05, 0.1) is 12.6 Å². The highest BCUT2D eigenvalue weighted by Gasteiger charge is 2.45. The van der Waals surface area contributed by atoms with Crippen LogP contribution in [0, 0.1) is 11.8 Å². The lowest BCUT2D eigenvalue weighted by Gasteiger charge is -2.36. The highest BCUT2D eigenvalue weighted by Crippen LogP contribution is 2.39. The smallest absolute Gasteiger partial charge is 0.407 e. The van der Waals surface area contributed by atoms with Crippen LogP contribution in [-0.2, 0) is 19.1 Å². The molecule has 252 valence electrons. The normalized spacial score (nSPS) is 22.0. The average molecular weight is 650 g/mol. The van der Waals surface area contributed by atoms with Crippen LogP contribution in [0.4, 0.5) is 14.9 Å². The van der Waals surface area contributed by atoms with E-state index in [2.05, 4.69) is 10.6 Å². The second-order valence-electron chi connectivity index (χ2n) is 13.4. The molecule has 5 rings (SSSR count). The van der Waals surface area contributed by atoms with Gasteiger partial charge < -0.3 is 29.4 Å². The Bertz CT molecular complexity index is 1580. The van der Waals surface area contributed by atoms with Crippen LogP contribution in [-0.4, -0.2) is 66.3 Å². The van der Waals surface area contributed by atoms with E-state index in [0.717, 1.165) is 5.56 Å². The van der Waals surface area contributed by atoms with Gasteiger partial charge in [-0.25, -0.2) is 14.0 Å². The Labute approximate surface area is 274 Å². The van der Waals surface area contributed by atoms with Crippen molar-refractivity contribution in [2.75, 3.05) is 25.1 Å². The van der Waals surface area contributed by atoms with Crippen LogP contribution in [0.25, 0.3) is 11.0 Å². The number of nitrogens with one attached hydrogen (secondary N) is 2. The van der Waals surface area contributed by atoms with E-state index >= 15 is 0 Å². The fourth-order valence-corrected chi connectivity index (χ4v) is 6.80. The molecule has 10 nitrogen and oxygen atoms in total. The molecule has 2 aliphatic rings. The Morgan fingerprint density at radius 3 is 2.38 bits per heavy atom. The fourth-order valence-electron chi connectivity index (χ4n) is 6.80. The van der Waals surface area contributed by atoms with E-state index in [0.29, 0.717) is 55.3 Å². The third-order valence-corrected chi connectivity index (χ3v) is 9.00. The molecule has 0 unspecified atom stereocenters. The Kier molecular flexibility index (Phi) is 10.5. The van der Waals surface area contributed by atoms with E-state index in [1.54, 1.807) is 56.9 Å². The van der Waals surface area contributed by atoms with E-state index in [1.165, 1.54) is 0 Å². The highest BCUT2D eigenvalue weighted by atomic mass is 19.1. The third kappa shape index (κ3) is 8.12. The largest absolute Gasteiger partial charge is 0.460 e. The maximum absolute atomic E-state index is 14.0. The van der Waals surface area contributed by atoms with Gasteiger partial charge in [0, 0.05) is 29.5 Å². The zero-order valence-corrected chi connectivity index (χ0v) is 27.4. The number of ether oxygens (including phenoxy) is 2. The monoisotopic (exact) mass is 649 g/mol. The molecular formula is C36H44FN3O7. The molecule has 2 fully saturated rings. The first-order valence-electron chi connectivity index (χ1n) is 16.4. The number of benzene rings is 2. The number of hydrogen-bond donors (Lipinski definition) is 2. The Hall–Kier alpha value is -4.41. The molecule has 47 heavy (non-hydrogen) atoms. The van der Waals surface area contributed by atoms with Crippen LogP contribution in [0.3, 0.4) is 0 Å². The van der Waals surface area contributed by atoms with E-state index < -0.39 is 36.4 Å². The number of esters is 1. The van der Waals surface area contributed by atoms with Crippen LogP contribution < -0.4 is 10.6 Å². The van der Waals surface area contributed by atoms with Crippen molar-refractivity contribution in [1.29, 1.82) is 0 Å². The molecule has 3 aromatic rings. The number of likely N-dealkylation sites (tertiary alicyclic amines) is 1. The minimum Gasteiger partial charge on any atom is -0.460 e. The predicted molar refractivity (Wildman–Crippen MR) is 175 cm³/mol. The van der Waals surface area contributed by atoms with Crippen molar-refractivity contribution in [1.82, 2.24) is 10.2 Å². The molecule has 3 atom stereocenters. The molecule has 2 heterocycles. The molecule has 2 N–H and O–H groups in total. The number of alkyl halides is 1. The average Bonchev–Trinajstić information content (AvgIpc) is 3.68. The first-order valence-corrected chi connectivity index (χ1v) is 16.4. The van der Waals surface area contributed by atoms with Gasteiger partial charge in [0.1, 0.15) is 23.9 Å². The molecule has 0 radical (unpaired) electrons. The van der Waals surface area contributed by atoms with Gasteiger partial charge in [0.15, 0.2) is 0 Å². The lowest BCUT2D eigenvalue weighted by Crippen LogP contribution is -2.49. The zero-order chi connectivity index (χ0) is 33.7. The summed E-state index contributed by atoms with van der Waals surface area (Å²) in [5, 5.41) is 6.31. The molecule has 0 bridgehead atoms. The lowest BCUT2D eigenvalue weighted by molar-refractivity contribution is -0.141. The second kappa shape index (κ2) is 14.6. The molecule has 2 aromatic carbocycles. The van der Waals surface area contributed by atoms with Gasteiger partial charge in [0.25, 0.3) is 0 Å². The minimum absolute atomic E-state index is 0.0789. The van der Waals surface area contributed by atoms with Crippen LogP contribution in [0.5, 0.6) is 0 Å². The van der Waals surface area contributed by atoms with Gasteiger partial charge in [0.2, 0.25) is 17.6 Å². The standard InChI is InChI=1S/C36H44FN3O7/c1-5-45-34(43)30-20-25-19-26(15-16-29(25)46-30)38-32(41)31-27(22-9-7-6-8-10-22)17-18-40(31)33(42)24-13-11-23(12-14-24)28(21-37)39-35(44)47-36(2,3)4/h6-10,15-16,19-20,23-24,27-28,31H,5,11-14,17-18,21H2,1-4H3,(H,38,41)(H,39,44)/t23-,24-,27-,28+,31-/m0/s1. The van der Waals surface area contributed by atoms with E-state index in [9.17, 15) is 23.6 Å². The summed E-state index contributed by atoms with van der Waals surface area (Å²) >= 11 is 0. The van der Waals surface area contributed by atoms with Crippen LogP contribution in [0.2, 0.25) is 0 Å². The number of alkyl carbamates (subject to hydrolysis) is 1. The summed E-state index contributed by atoms with van der Waals surface area (Å²) < 4.78 is 30.0. The van der Waals surface area contributed by atoms with E-state index in [4.69, 9.17) is 13.9 Å². The summed E-state index contributed by atoms with van der Waals surface area (Å²) in [6.45, 7) is 6.92. The van der Waals surface area contributed by atoms with Crippen molar-refractivity contribution in [3.8, 4) is 0 Å². The van der Waals surface area contributed by atoms with Gasteiger partial charge in [-0.3, -0.25) is 9.59 Å². The molecular weight excluding hydrogens is 605 g/mol. The number of nitrogens with zero attached hydrogens (tertiary/aromatic N) is 1. The van der Waals surface area contributed by atoms with Crippen LogP contribution in [0.1, 0.15) is 81.8 Å². The Morgan fingerprint density at radius 2 is 1.72 bits per heavy atom. The fraction of sp³-hybridized carbons (Fsp3) is 0.500. The number of carbonyl (C=O) groups is 4. The molecule has 1 saturated heterocycles. The minimum atomic E-state index is -0.731. The number of hydrogen-bond acceptors (Lipinski definition) is 7. The van der Waals surface area contributed by atoms with E-state index in [1.807, 2.05) is 30.3 Å². The van der Waals surface area contributed by atoms with Crippen molar-refractivity contribution < 1.29 is 37.5 Å². The van der Waals surface area contributed by atoms with Gasteiger partial charge in [-0.15, -0.1) is 0 Å². The summed E-state index contributed by atoms with van der Waals surface area (Å²) in [6, 6.07) is 15.0. The summed E-state index contributed by atoms with van der Waals surface area (Å²) in [5.41, 5.74) is 1.29. The topological polar surface area (TPSA) is 127 Å². The lowest BCUT2D eigenvalue weighted by atomic mass is 9.78. The highest BCUT2D eigenvalue weighted by molar-refractivity contribution is 6.00. The number of halogens is 1. The number of anilines is 1. The second-order valence-corrected chi connectivity index (χ2v) is 13.4. The zero-order valence-electron chi connectivity index (χ0n) is 27.4. The Balaban J connectivity index is 1.29. The van der Waals surface area contributed by atoms with Gasteiger partial charge >= 0.3 is 12.1 Å². The van der Waals surface area contributed by atoms with Crippen molar-refractivity contribution in [3.63, 3.8) is 0 Å². The molecule has 11 heteroatoms. The number of fused-ring (bicyclic) bond motifs is 1. The maximum atomic E-state index is 14.0. The van der Waals surface area contributed by atoms with E-state index in [-0.39, 0.29) is 41.9 Å². The Morgan fingerprint density at radius 1 is 1.00 bits per heavy atom. The summed E-state index contributed by atoms with van der Waals surface area (Å²) in [6.07, 6.45) is 2.21. The molecule has 0 spiro atoms. The number of amides is 3. The quantitative estimate of drug-likeness (QED) is 0.250. The molecule has 1 aromatic heterocycles. The van der Waals surface area contributed by atoms with Crippen LogP contribution >= 0.6 is 0 Å². The maximum Gasteiger partial charge on any atom is 0.407 e. The van der Waals surface area contributed by atoms with Gasteiger partial charge in [-0.2, -0.15) is 0 Å². The number of furan rings is 1. The molecule has 1 saturated carbocycles. The van der Waals surface area contributed by atoms with Crippen LogP contribution in [0.15, 0.2) is 59.0 Å². The third-order valence-electron chi connectivity index (χ3n) is 9.00.